The van der Waals surface area contributed by atoms with Gasteiger partial charge in [-0.3, -0.25) is 4.84 Å². The number of nitrogens with one attached hydrogen (secondary N) is 1. The molecule has 4 nitrogen and oxygen atoms in total. The third-order valence-corrected chi connectivity index (χ3v) is 3.93. The van der Waals surface area contributed by atoms with Gasteiger partial charge in [0.1, 0.15) is 0 Å². The summed E-state index contributed by atoms with van der Waals surface area (Å²) >= 11 is 0. The van der Waals surface area contributed by atoms with E-state index in [0.717, 1.165) is 17.0 Å². The van der Waals surface area contributed by atoms with Crippen molar-refractivity contribution < 1.29 is 10.0 Å². The molecule has 1 aliphatic heterocycles. The Balaban J connectivity index is 1.85. The van der Waals surface area contributed by atoms with Crippen molar-refractivity contribution in [3.8, 4) is 0 Å². The molecule has 1 heterocycles. The molecule has 3 rings (SSSR count). The number of rotatable bonds is 4. The molecule has 0 aliphatic carbocycles. The molecule has 1 fully saturated rings. The summed E-state index contributed by atoms with van der Waals surface area (Å²) in [5, 5.41) is 11.0. The Kier molecular flexibility index (Phi) is 4.31. The third-order valence-electron chi connectivity index (χ3n) is 3.93. The highest BCUT2D eigenvalue weighted by atomic mass is 16.7. The predicted octanol–water partition coefficient (Wildman–Crippen LogP) is 2.56. The molecule has 3 unspecified atom stereocenters. The first-order chi connectivity index (χ1) is 10.3. The van der Waals surface area contributed by atoms with Crippen LogP contribution in [0, 0.1) is 0 Å². The molecule has 1 aliphatic rings. The highest BCUT2D eigenvalue weighted by molar-refractivity contribution is 5.25. The second kappa shape index (κ2) is 6.37. The van der Waals surface area contributed by atoms with Crippen LogP contribution in [0.25, 0.3) is 0 Å². The van der Waals surface area contributed by atoms with Gasteiger partial charge in [-0.1, -0.05) is 60.7 Å². The molecular weight excluding hydrogens is 264 g/mol. The molecule has 21 heavy (non-hydrogen) atoms. The van der Waals surface area contributed by atoms with E-state index >= 15 is 0 Å². The zero-order valence-corrected chi connectivity index (χ0v) is 12.0. The van der Waals surface area contributed by atoms with Crippen LogP contribution in [-0.2, 0) is 11.3 Å². The SMILES string of the molecule is CN(O)C1ONC(Cc2ccccc2)C1c1ccccc1. The van der Waals surface area contributed by atoms with Crippen LogP contribution in [0.15, 0.2) is 60.7 Å². The van der Waals surface area contributed by atoms with Gasteiger partial charge < -0.3 is 5.21 Å². The quantitative estimate of drug-likeness (QED) is 0.847. The number of hydrogen-bond acceptors (Lipinski definition) is 4. The maximum absolute atomic E-state index is 9.84. The van der Waals surface area contributed by atoms with Gasteiger partial charge in [0, 0.05) is 19.0 Å². The summed E-state index contributed by atoms with van der Waals surface area (Å²) in [4.78, 5) is 5.59. The predicted molar refractivity (Wildman–Crippen MR) is 80.7 cm³/mol. The number of nitrogens with zero attached hydrogens (tertiary/aromatic N) is 1. The number of hydroxylamine groups is 3. The second-order valence-corrected chi connectivity index (χ2v) is 5.43. The maximum Gasteiger partial charge on any atom is 0.161 e. The molecule has 1 saturated heterocycles. The zero-order valence-electron chi connectivity index (χ0n) is 12.0. The maximum atomic E-state index is 9.84. The fourth-order valence-electron chi connectivity index (χ4n) is 2.92. The number of likely N-dealkylation sites (N-methyl/N-ethyl adjacent to an activating group) is 1. The summed E-state index contributed by atoms with van der Waals surface area (Å²) in [7, 11) is 1.62. The van der Waals surface area contributed by atoms with Crippen LogP contribution in [0.4, 0.5) is 0 Å². The van der Waals surface area contributed by atoms with Gasteiger partial charge in [0.25, 0.3) is 0 Å². The molecule has 0 saturated carbocycles. The molecule has 2 N–H and O–H groups in total. The van der Waals surface area contributed by atoms with Crippen LogP contribution in [0.2, 0.25) is 0 Å². The summed E-state index contributed by atoms with van der Waals surface area (Å²) in [6.07, 6.45) is 0.464. The molecule has 0 aromatic heterocycles. The van der Waals surface area contributed by atoms with Gasteiger partial charge >= 0.3 is 0 Å². The van der Waals surface area contributed by atoms with Crippen molar-refractivity contribution in [2.24, 2.45) is 0 Å². The van der Waals surface area contributed by atoms with Gasteiger partial charge in [-0.15, -0.1) is 0 Å². The van der Waals surface area contributed by atoms with E-state index in [-0.39, 0.29) is 18.2 Å². The van der Waals surface area contributed by atoms with Crippen molar-refractivity contribution in [3.63, 3.8) is 0 Å². The van der Waals surface area contributed by atoms with Gasteiger partial charge in [-0.2, -0.15) is 10.5 Å². The summed E-state index contributed by atoms with van der Waals surface area (Å²) in [6.45, 7) is 0. The van der Waals surface area contributed by atoms with Crippen molar-refractivity contribution in [2.75, 3.05) is 7.05 Å². The van der Waals surface area contributed by atoms with E-state index in [0.29, 0.717) is 0 Å². The Bertz CT molecular complexity index is 560. The normalized spacial score (nSPS) is 25.4. The monoisotopic (exact) mass is 284 g/mol. The van der Waals surface area contributed by atoms with E-state index in [1.807, 2.05) is 36.4 Å². The van der Waals surface area contributed by atoms with Crippen LogP contribution in [0.5, 0.6) is 0 Å². The first kappa shape index (κ1) is 14.2. The fraction of sp³-hybridized carbons (Fsp3) is 0.294. The first-order valence-corrected chi connectivity index (χ1v) is 7.17. The summed E-state index contributed by atoms with van der Waals surface area (Å²) in [5.74, 6) is 0.0707. The fourth-order valence-corrected chi connectivity index (χ4v) is 2.92. The van der Waals surface area contributed by atoms with Gasteiger partial charge in [0.2, 0.25) is 0 Å². The van der Waals surface area contributed by atoms with Crippen LogP contribution in [0.3, 0.4) is 0 Å². The second-order valence-electron chi connectivity index (χ2n) is 5.43. The van der Waals surface area contributed by atoms with Gasteiger partial charge in [0.05, 0.1) is 0 Å². The molecule has 0 radical (unpaired) electrons. The van der Waals surface area contributed by atoms with Crippen molar-refractivity contribution >= 4 is 0 Å². The average Bonchev–Trinajstić information content (AvgIpc) is 2.93. The standard InChI is InChI=1S/C17H20N2O2/c1-19(20)17-16(14-10-6-3-7-11-14)15(18-21-17)12-13-8-4-2-5-9-13/h2-11,15-18,20H,12H2,1H3. The Morgan fingerprint density at radius 3 is 2.29 bits per heavy atom. The Hall–Kier alpha value is -1.72. The average molecular weight is 284 g/mol. The van der Waals surface area contributed by atoms with Gasteiger partial charge in [-0.05, 0) is 17.5 Å². The van der Waals surface area contributed by atoms with Crippen LogP contribution in [0.1, 0.15) is 17.0 Å². The Morgan fingerprint density at radius 2 is 1.67 bits per heavy atom. The molecule has 4 heteroatoms. The first-order valence-electron chi connectivity index (χ1n) is 7.17. The lowest BCUT2D eigenvalue weighted by Gasteiger charge is -2.25. The van der Waals surface area contributed by atoms with E-state index in [2.05, 4.69) is 29.7 Å². The minimum atomic E-state index is -0.388. The van der Waals surface area contributed by atoms with Gasteiger partial charge in [-0.25, -0.2) is 0 Å². The van der Waals surface area contributed by atoms with Gasteiger partial charge in [0.15, 0.2) is 6.23 Å². The minimum Gasteiger partial charge on any atom is -0.312 e. The number of hydrogen-bond donors (Lipinski definition) is 2. The van der Waals surface area contributed by atoms with Crippen molar-refractivity contribution in [1.82, 2.24) is 10.5 Å². The highest BCUT2D eigenvalue weighted by Gasteiger charge is 2.40. The molecule has 0 bridgehead atoms. The summed E-state index contributed by atoms with van der Waals surface area (Å²) < 4.78 is 0. The molecule has 0 amide bonds. The smallest absolute Gasteiger partial charge is 0.161 e. The van der Waals surface area contributed by atoms with E-state index in [1.54, 1.807) is 7.05 Å². The molecular formula is C17H20N2O2. The van der Waals surface area contributed by atoms with E-state index in [1.165, 1.54) is 5.56 Å². The van der Waals surface area contributed by atoms with Crippen molar-refractivity contribution in [1.29, 1.82) is 0 Å². The lowest BCUT2D eigenvalue weighted by atomic mass is 9.87. The van der Waals surface area contributed by atoms with Crippen LogP contribution in [-0.4, -0.2) is 29.6 Å². The van der Waals surface area contributed by atoms with Crippen molar-refractivity contribution in [2.45, 2.75) is 24.6 Å². The highest BCUT2D eigenvalue weighted by Crippen LogP contribution is 2.32. The van der Waals surface area contributed by atoms with E-state index < -0.39 is 0 Å². The lowest BCUT2D eigenvalue weighted by molar-refractivity contribution is -0.202. The third kappa shape index (κ3) is 3.14. The molecule has 0 spiro atoms. The Morgan fingerprint density at radius 1 is 1.05 bits per heavy atom. The Labute approximate surface area is 124 Å². The molecule has 2 aromatic carbocycles. The molecule has 3 atom stereocenters. The minimum absolute atomic E-state index is 0.0707. The van der Waals surface area contributed by atoms with Crippen LogP contribution >= 0.6 is 0 Å². The van der Waals surface area contributed by atoms with E-state index in [4.69, 9.17) is 4.84 Å². The lowest BCUT2D eigenvalue weighted by Crippen LogP contribution is -2.35. The molecule has 2 aromatic rings. The largest absolute Gasteiger partial charge is 0.312 e. The topological polar surface area (TPSA) is 44.7 Å². The van der Waals surface area contributed by atoms with Crippen LogP contribution < -0.4 is 5.48 Å². The summed E-state index contributed by atoms with van der Waals surface area (Å²) in [5.41, 5.74) is 5.50. The molecule has 110 valence electrons. The van der Waals surface area contributed by atoms with E-state index in [9.17, 15) is 5.21 Å². The summed E-state index contributed by atoms with van der Waals surface area (Å²) in [6, 6.07) is 20.6. The number of benzene rings is 2. The zero-order chi connectivity index (χ0) is 14.7. The van der Waals surface area contributed by atoms with Crippen molar-refractivity contribution in [3.05, 3.63) is 71.8 Å².